The molecule has 1 aliphatic carbocycles. The van der Waals surface area contributed by atoms with Gasteiger partial charge in [0.1, 0.15) is 17.4 Å². The van der Waals surface area contributed by atoms with E-state index in [1.807, 2.05) is 0 Å². The lowest BCUT2D eigenvalue weighted by Crippen LogP contribution is -2.23. The van der Waals surface area contributed by atoms with E-state index in [1.54, 1.807) is 13.8 Å². The van der Waals surface area contributed by atoms with Crippen LogP contribution in [0.1, 0.15) is 61.3 Å². The number of hydrogen-bond acceptors (Lipinski definition) is 5. The first-order valence-electron chi connectivity index (χ1n) is 11.8. The third kappa shape index (κ3) is 6.84. The first-order chi connectivity index (χ1) is 16.4. The van der Waals surface area contributed by atoms with Crippen molar-refractivity contribution < 1.29 is 14.9 Å². The van der Waals surface area contributed by atoms with Crippen molar-refractivity contribution in [1.82, 2.24) is 0 Å². The zero-order valence-electron chi connectivity index (χ0n) is 20.6. The number of nitriles is 1. The van der Waals surface area contributed by atoms with Gasteiger partial charge in [0.25, 0.3) is 0 Å². The summed E-state index contributed by atoms with van der Waals surface area (Å²) in [7, 11) is 0. The molecular formula is C29H36N2O3. The molecule has 1 aliphatic heterocycles. The van der Waals surface area contributed by atoms with Gasteiger partial charge in [0.05, 0.1) is 0 Å². The van der Waals surface area contributed by atoms with Gasteiger partial charge in [0.2, 0.25) is 5.88 Å². The lowest BCUT2D eigenvalue weighted by atomic mass is 9.77. The molecule has 0 amide bonds. The molecule has 0 aromatic heterocycles. The zero-order chi connectivity index (χ0) is 25.1. The molecule has 34 heavy (non-hydrogen) atoms. The lowest BCUT2D eigenvalue weighted by molar-refractivity contribution is 0.277. The largest absolute Gasteiger partial charge is 0.440 e. The van der Waals surface area contributed by atoms with Crippen molar-refractivity contribution in [2.75, 3.05) is 13.2 Å². The standard InChI is InChI=1S/C25H24N2O.2C2H6O/c1-16-6-10-18(11-7-16)14-20-4-3-5-21-23(19-12-8-17(2)9-13-19)22(15-26)25(27)28-24(20)21;2*1-2-3/h6-14,23H,3-5,27H2,1-2H3;2*3H,2H2,1H3/b20-14+;;. The van der Waals surface area contributed by atoms with Gasteiger partial charge in [0, 0.05) is 19.1 Å². The molecule has 4 N–H and O–H groups in total. The SMILES string of the molecule is CCO.CCO.Cc1ccc(/C=C2\CCCC3=C2OC(N)=C(C#N)C3c2ccc(C)cc2)cc1. The summed E-state index contributed by atoms with van der Waals surface area (Å²) in [5.74, 6) is 0.952. The summed E-state index contributed by atoms with van der Waals surface area (Å²) in [5.41, 5.74) is 13.7. The van der Waals surface area contributed by atoms with Gasteiger partial charge in [-0.2, -0.15) is 5.26 Å². The topological polar surface area (TPSA) is 99.5 Å². The molecular weight excluding hydrogens is 424 g/mol. The molecule has 2 aromatic rings. The maximum Gasteiger partial charge on any atom is 0.205 e. The number of nitrogens with two attached hydrogens (primary N) is 1. The van der Waals surface area contributed by atoms with E-state index >= 15 is 0 Å². The van der Waals surface area contributed by atoms with Crippen molar-refractivity contribution in [3.8, 4) is 6.07 Å². The van der Waals surface area contributed by atoms with Crippen molar-refractivity contribution in [3.63, 3.8) is 0 Å². The number of aliphatic hydroxyl groups is 2. The van der Waals surface area contributed by atoms with Crippen LogP contribution in [0.5, 0.6) is 0 Å². The van der Waals surface area contributed by atoms with Crippen LogP contribution in [-0.2, 0) is 4.74 Å². The Morgan fingerprint density at radius 3 is 2.03 bits per heavy atom. The highest BCUT2D eigenvalue weighted by atomic mass is 16.5. The number of nitrogens with zero attached hydrogens (tertiary/aromatic N) is 1. The predicted octanol–water partition coefficient (Wildman–Crippen LogP) is 5.63. The Morgan fingerprint density at radius 1 is 0.971 bits per heavy atom. The third-order valence-electron chi connectivity index (χ3n) is 5.54. The first kappa shape index (κ1) is 26.9. The molecule has 0 spiro atoms. The molecule has 180 valence electrons. The van der Waals surface area contributed by atoms with E-state index in [1.165, 1.54) is 16.7 Å². The van der Waals surface area contributed by atoms with Crippen molar-refractivity contribution in [1.29, 1.82) is 5.26 Å². The van der Waals surface area contributed by atoms with E-state index in [4.69, 9.17) is 20.7 Å². The minimum Gasteiger partial charge on any atom is -0.440 e. The number of benzene rings is 2. The summed E-state index contributed by atoms with van der Waals surface area (Å²) < 4.78 is 6.02. The highest BCUT2D eigenvalue weighted by Crippen LogP contribution is 2.46. The number of aliphatic hydroxyl groups excluding tert-OH is 2. The minimum atomic E-state index is -0.129. The number of allylic oxidation sites excluding steroid dienone is 3. The number of ether oxygens (including phenoxy) is 1. The quantitative estimate of drug-likeness (QED) is 0.539. The molecule has 0 saturated carbocycles. The van der Waals surface area contributed by atoms with Crippen molar-refractivity contribution in [3.05, 3.63) is 99.1 Å². The Hall–Kier alpha value is -3.33. The third-order valence-corrected chi connectivity index (χ3v) is 5.54. The molecule has 1 unspecified atom stereocenters. The molecule has 4 rings (SSSR count). The van der Waals surface area contributed by atoms with Crippen LogP contribution in [0.2, 0.25) is 0 Å². The van der Waals surface area contributed by atoms with Crippen LogP contribution in [0, 0.1) is 25.2 Å². The zero-order valence-corrected chi connectivity index (χ0v) is 20.6. The summed E-state index contributed by atoms with van der Waals surface area (Å²) in [6.45, 7) is 8.01. The van der Waals surface area contributed by atoms with E-state index in [9.17, 15) is 5.26 Å². The molecule has 0 fully saturated rings. The normalized spacial score (nSPS) is 18.0. The van der Waals surface area contributed by atoms with Crippen LogP contribution in [-0.4, -0.2) is 23.4 Å². The van der Waals surface area contributed by atoms with Crippen molar-refractivity contribution in [2.45, 2.75) is 52.9 Å². The highest BCUT2D eigenvalue weighted by molar-refractivity contribution is 5.62. The Balaban J connectivity index is 0.000000618. The molecule has 2 aromatic carbocycles. The van der Waals surface area contributed by atoms with Crippen LogP contribution in [0.3, 0.4) is 0 Å². The summed E-state index contributed by atoms with van der Waals surface area (Å²) in [6, 6.07) is 19.1. The molecule has 1 atom stereocenters. The van der Waals surface area contributed by atoms with Crippen LogP contribution in [0.15, 0.2) is 76.9 Å². The fourth-order valence-electron chi connectivity index (χ4n) is 4.04. The molecule has 2 aliphatic rings. The Kier molecular flexibility index (Phi) is 10.6. The van der Waals surface area contributed by atoms with Crippen LogP contribution in [0.4, 0.5) is 0 Å². The van der Waals surface area contributed by atoms with Gasteiger partial charge in [-0.15, -0.1) is 0 Å². The average molecular weight is 461 g/mol. The molecule has 5 heteroatoms. The summed E-state index contributed by atoms with van der Waals surface area (Å²) in [4.78, 5) is 0. The van der Waals surface area contributed by atoms with Crippen LogP contribution >= 0.6 is 0 Å². The monoisotopic (exact) mass is 460 g/mol. The Bertz CT molecular complexity index is 1070. The Labute approximate surface area is 203 Å². The maximum absolute atomic E-state index is 9.76. The van der Waals surface area contributed by atoms with Gasteiger partial charge in [-0.25, -0.2) is 0 Å². The first-order valence-corrected chi connectivity index (χ1v) is 11.8. The lowest BCUT2D eigenvalue weighted by Gasteiger charge is -2.33. The second kappa shape index (κ2) is 13.4. The van der Waals surface area contributed by atoms with Crippen LogP contribution in [0.25, 0.3) is 6.08 Å². The second-order valence-corrected chi connectivity index (χ2v) is 8.26. The van der Waals surface area contributed by atoms with E-state index in [0.29, 0.717) is 5.57 Å². The molecule has 5 nitrogen and oxygen atoms in total. The number of rotatable bonds is 2. The number of aryl methyl sites for hydroxylation is 2. The van der Waals surface area contributed by atoms with E-state index < -0.39 is 0 Å². The van der Waals surface area contributed by atoms with Crippen molar-refractivity contribution in [2.24, 2.45) is 5.73 Å². The molecule has 0 saturated heterocycles. The van der Waals surface area contributed by atoms with Gasteiger partial charge < -0.3 is 20.7 Å². The fourth-order valence-corrected chi connectivity index (χ4v) is 4.04. The maximum atomic E-state index is 9.76. The fraction of sp³-hybridized carbons (Fsp3) is 0.345. The minimum absolute atomic E-state index is 0.129. The second-order valence-electron chi connectivity index (χ2n) is 8.26. The average Bonchev–Trinajstić information content (AvgIpc) is 2.82. The molecule has 1 heterocycles. The van der Waals surface area contributed by atoms with E-state index in [-0.39, 0.29) is 25.0 Å². The molecule has 0 radical (unpaired) electrons. The summed E-state index contributed by atoms with van der Waals surface area (Å²) in [6.07, 6.45) is 5.09. The predicted molar refractivity (Wildman–Crippen MR) is 137 cm³/mol. The highest BCUT2D eigenvalue weighted by Gasteiger charge is 2.35. The smallest absolute Gasteiger partial charge is 0.205 e. The van der Waals surface area contributed by atoms with Gasteiger partial charge in [-0.3, -0.25) is 0 Å². The van der Waals surface area contributed by atoms with E-state index in [0.717, 1.165) is 41.7 Å². The van der Waals surface area contributed by atoms with Crippen LogP contribution < -0.4 is 5.73 Å². The number of hydrogen-bond donors (Lipinski definition) is 3. The van der Waals surface area contributed by atoms with Gasteiger partial charge in [-0.05, 0) is 75.3 Å². The van der Waals surface area contributed by atoms with Gasteiger partial charge in [-0.1, -0.05) is 59.7 Å². The van der Waals surface area contributed by atoms with Crippen molar-refractivity contribution >= 4 is 6.08 Å². The van der Waals surface area contributed by atoms with Gasteiger partial charge in [0.15, 0.2) is 0 Å². The summed E-state index contributed by atoms with van der Waals surface area (Å²) >= 11 is 0. The van der Waals surface area contributed by atoms with E-state index in [2.05, 4.69) is 74.5 Å². The molecule has 0 bridgehead atoms. The summed E-state index contributed by atoms with van der Waals surface area (Å²) in [5, 5.41) is 24.9. The Morgan fingerprint density at radius 2 is 1.50 bits per heavy atom. The van der Waals surface area contributed by atoms with Gasteiger partial charge >= 0.3 is 0 Å².